The molecule has 0 aliphatic rings. The number of carbonyl (C=O) groups is 1. The molecule has 1 unspecified atom stereocenters. The van der Waals surface area contributed by atoms with Crippen LogP contribution in [-0.2, 0) is 4.74 Å². The highest BCUT2D eigenvalue weighted by Crippen LogP contribution is 2.17. The van der Waals surface area contributed by atoms with Gasteiger partial charge in [0.1, 0.15) is 5.82 Å². The van der Waals surface area contributed by atoms with Gasteiger partial charge in [-0.2, -0.15) is 0 Å². The number of ether oxygens (including phenoxy) is 1. The molecule has 0 fully saturated rings. The number of rotatable bonds is 6. The van der Waals surface area contributed by atoms with Gasteiger partial charge in [-0.25, -0.2) is 9.18 Å². The van der Waals surface area contributed by atoms with Crippen molar-refractivity contribution in [3.05, 3.63) is 29.6 Å². The molecule has 1 rings (SSSR count). The van der Waals surface area contributed by atoms with Gasteiger partial charge >= 0.3 is 5.97 Å². The normalized spacial score (nSPS) is 12.0. The number of benzene rings is 1. The molecule has 0 radical (unpaired) electrons. The zero-order valence-electron chi connectivity index (χ0n) is 11.1. The van der Waals surface area contributed by atoms with Crippen LogP contribution < -0.4 is 5.32 Å². The van der Waals surface area contributed by atoms with Gasteiger partial charge in [0.05, 0.1) is 12.7 Å². The third-order valence-electron chi connectivity index (χ3n) is 2.78. The van der Waals surface area contributed by atoms with Crippen molar-refractivity contribution in [3.63, 3.8) is 0 Å². The Labute approximate surface area is 107 Å². The molecule has 1 aromatic rings. The van der Waals surface area contributed by atoms with Crippen molar-refractivity contribution in [1.82, 2.24) is 0 Å². The van der Waals surface area contributed by atoms with Crippen LogP contribution in [0, 0.1) is 5.82 Å². The first-order valence-electron chi connectivity index (χ1n) is 6.22. The summed E-state index contributed by atoms with van der Waals surface area (Å²) < 4.78 is 18.0. The zero-order chi connectivity index (χ0) is 13.5. The number of methoxy groups -OCH3 is 1. The second kappa shape index (κ2) is 6.99. The minimum atomic E-state index is -0.655. The van der Waals surface area contributed by atoms with E-state index in [0.29, 0.717) is 6.04 Å². The Morgan fingerprint density at radius 1 is 1.50 bits per heavy atom. The Hall–Kier alpha value is -1.58. The summed E-state index contributed by atoms with van der Waals surface area (Å²) in [6.07, 6.45) is 3.32. The third kappa shape index (κ3) is 4.02. The molecule has 0 aromatic heterocycles. The van der Waals surface area contributed by atoms with Crippen LogP contribution in [0.3, 0.4) is 0 Å². The molecular weight excluding hydrogens is 233 g/mol. The van der Waals surface area contributed by atoms with Gasteiger partial charge in [0.25, 0.3) is 0 Å². The Balaban J connectivity index is 2.75. The van der Waals surface area contributed by atoms with E-state index in [1.54, 1.807) is 6.07 Å². The highest BCUT2D eigenvalue weighted by Gasteiger charge is 2.13. The van der Waals surface area contributed by atoms with Gasteiger partial charge in [-0.05, 0) is 31.5 Å². The first-order valence-corrected chi connectivity index (χ1v) is 6.22. The largest absolute Gasteiger partial charge is 0.465 e. The fraction of sp³-hybridized carbons (Fsp3) is 0.500. The van der Waals surface area contributed by atoms with Crippen molar-refractivity contribution in [3.8, 4) is 0 Å². The number of esters is 1. The van der Waals surface area contributed by atoms with Crippen LogP contribution in [-0.4, -0.2) is 19.1 Å². The molecule has 0 aliphatic carbocycles. The number of halogens is 1. The lowest BCUT2D eigenvalue weighted by Gasteiger charge is -2.15. The summed E-state index contributed by atoms with van der Waals surface area (Å²) in [5.74, 6) is -1.22. The number of hydrogen-bond acceptors (Lipinski definition) is 3. The summed E-state index contributed by atoms with van der Waals surface area (Å²) in [4.78, 5) is 11.4. The average Bonchev–Trinajstić information content (AvgIpc) is 2.37. The molecule has 0 spiro atoms. The standard InChI is InChI=1S/C14H20FNO2/c1-4-5-6-10(2)16-11-7-8-13(15)12(9-11)14(17)18-3/h7-10,16H,4-6H2,1-3H3. The zero-order valence-corrected chi connectivity index (χ0v) is 11.1. The molecule has 1 N–H and O–H groups in total. The van der Waals surface area contributed by atoms with Crippen LogP contribution in [0.25, 0.3) is 0 Å². The van der Waals surface area contributed by atoms with E-state index in [-0.39, 0.29) is 5.56 Å². The van der Waals surface area contributed by atoms with Crippen LogP contribution >= 0.6 is 0 Å². The van der Waals surface area contributed by atoms with Crippen LogP contribution in [0.2, 0.25) is 0 Å². The molecule has 100 valence electrons. The topological polar surface area (TPSA) is 38.3 Å². The molecule has 1 atom stereocenters. The van der Waals surface area contributed by atoms with Gasteiger partial charge in [0.2, 0.25) is 0 Å². The molecule has 0 amide bonds. The fourth-order valence-electron chi connectivity index (χ4n) is 1.75. The van der Waals surface area contributed by atoms with E-state index in [1.807, 2.05) is 0 Å². The second-order valence-electron chi connectivity index (χ2n) is 4.37. The molecule has 0 aliphatic heterocycles. The Kier molecular flexibility index (Phi) is 5.62. The number of nitrogens with one attached hydrogen (secondary N) is 1. The molecule has 0 saturated heterocycles. The minimum absolute atomic E-state index is 0.0369. The lowest BCUT2D eigenvalue weighted by atomic mass is 10.1. The summed E-state index contributed by atoms with van der Waals surface area (Å²) in [6, 6.07) is 4.69. The van der Waals surface area contributed by atoms with E-state index in [1.165, 1.54) is 19.2 Å². The molecule has 18 heavy (non-hydrogen) atoms. The van der Waals surface area contributed by atoms with Gasteiger partial charge in [0, 0.05) is 11.7 Å². The van der Waals surface area contributed by atoms with Crippen molar-refractivity contribution < 1.29 is 13.9 Å². The first-order chi connectivity index (χ1) is 8.58. The first kappa shape index (κ1) is 14.5. The summed E-state index contributed by atoms with van der Waals surface area (Å²) in [5.41, 5.74) is 0.700. The highest BCUT2D eigenvalue weighted by atomic mass is 19.1. The Morgan fingerprint density at radius 2 is 2.22 bits per heavy atom. The maximum absolute atomic E-state index is 13.4. The predicted octanol–water partition coefficient (Wildman–Crippen LogP) is 3.60. The predicted molar refractivity (Wildman–Crippen MR) is 70.3 cm³/mol. The molecule has 0 bridgehead atoms. The van der Waals surface area contributed by atoms with E-state index in [4.69, 9.17) is 0 Å². The number of unbranched alkanes of at least 4 members (excludes halogenated alkanes) is 1. The van der Waals surface area contributed by atoms with E-state index in [0.717, 1.165) is 24.9 Å². The lowest BCUT2D eigenvalue weighted by Crippen LogP contribution is -2.15. The van der Waals surface area contributed by atoms with E-state index < -0.39 is 11.8 Å². The van der Waals surface area contributed by atoms with Gasteiger partial charge in [-0.3, -0.25) is 0 Å². The second-order valence-corrected chi connectivity index (χ2v) is 4.37. The van der Waals surface area contributed by atoms with Crippen LogP contribution in [0.5, 0.6) is 0 Å². The Morgan fingerprint density at radius 3 is 2.83 bits per heavy atom. The van der Waals surface area contributed by atoms with E-state index in [9.17, 15) is 9.18 Å². The molecule has 0 heterocycles. The van der Waals surface area contributed by atoms with Crippen molar-refractivity contribution >= 4 is 11.7 Å². The summed E-state index contributed by atoms with van der Waals surface area (Å²) >= 11 is 0. The highest BCUT2D eigenvalue weighted by molar-refractivity contribution is 5.90. The van der Waals surface area contributed by atoms with Crippen molar-refractivity contribution in [2.24, 2.45) is 0 Å². The maximum atomic E-state index is 13.4. The van der Waals surface area contributed by atoms with Crippen LogP contribution in [0.15, 0.2) is 18.2 Å². The van der Waals surface area contributed by atoms with Crippen molar-refractivity contribution in [2.75, 3.05) is 12.4 Å². The number of hydrogen-bond donors (Lipinski definition) is 1. The molecule has 0 saturated carbocycles. The van der Waals surface area contributed by atoms with Gasteiger partial charge < -0.3 is 10.1 Å². The molecule has 3 nitrogen and oxygen atoms in total. The maximum Gasteiger partial charge on any atom is 0.340 e. The molecular formula is C14H20FNO2. The van der Waals surface area contributed by atoms with Crippen molar-refractivity contribution in [1.29, 1.82) is 0 Å². The third-order valence-corrected chi connectivity index (χ3v) is 2.78. The summed E-state index contributed by atoms with van der Waals surface area (Å²) in [7, 11) is 1.24. The number of anilines is 1. The molecule has 1 aromatic carbocycles. The van der Waals surface area contributed by atoms with Gasteiger partial charge in [0.15, 0.2) is 0 Å². The lowest BCUT2D eigenvalue weighted by molar-refractivity contribution is 0.0595. The van der Waals surface area contributed by atoms with E-state index in [2.05, 4.69) is 23.9 Å². The summed E-state index contributed by atoms with van der Waals surface area (Å²) in [5, 5.41) is 3.25. The Bertz CT molecular complexity index is 407. The monoisotopic (exact) mass is 253 g/mol. The van der Waals surface area contributed by atoms with Crippen LogP contribution in [0.1, 0.15) is 43.5 Å². The minimum Gasteiger partial charge on any atom is -0.465 e. The van der Waals surface area contributed by atoms with Gasteiger partial charge in [-0.1, -0.05) is 19.8 Å². The number of carbonyl (C=O) groups excluding carboxylic acids is 1. The van der Waals surface area contributed by atoms with Gasteiger partial charge in [-0.15, -0.1) is 0 Å². The smallest absolute Gasteiger partial charge is 0.340 e. The average molecular weight is 253 g/mol. The molecule has 4 heteroatoms. The van der Waals surface area contributed by atoms with Crippen LogP contribution in [0.4, 0.5) is 10.1 Å². The fourth-order valence-corrected chi connectivity index (χ4v) is 1.75. The SMILES string of the molecule is CCCCC(C)Nc1ccc(F)c(C(=O)OC)c1. The quantitative estimate of drug-likeness (QED) is 0.787. The van der Waals surface area contributed by atoms with E-state index >= 15 is 0 Å². The summed E-state index contributed by atoms with van der Waals surface area (Å²) in [6.45, 7) is 4.21. The van der Waals surface area contributed by atoms with Crippen molar-refractivity contribution in [2.45, 2.75) is 39.2 Å².